The quantitative estimate of drug-likeness (QED) is 0.793. The second-order valence-corrected chi connectivity index (χ2v) is 2.83. The molecule has 76 valence electrons. The molecule has 2 rings (SSSR count). The molecule has 2 heterocycles. The van der Waals surface area contributed by atoms with E-state index in [2.05, 4.69) is 20.0 Å². The van der Waals surface area contributed by atoms with Gasteiger partial charge < -0.3 is 14.3 Å². The van der Waals surface area contributed by atoms with Crippen LogP contribution in [0, 0.1) is 11.3 Å². The van der Waals surface area contributed by atoms with Crippen molar-refractivity contribution in [1.29, 1.82) is 5.26 Å². The zero-order valence-electron chi connectivity index (χ0n) is 7.80. The van der Waals surface area contributed by atoms with Crippen LogP contribution in [-0.2, 0) is 13.1 Å². The van der Waals surface area contributed by atoms with Gasteiger partial charge in [0.2, 0.25) is 12.2 Å². The molecule has 6 heteroatoms. The van der Waals surface area contributed by atoms with E-state index in [1.54, 1.807) is 12.1 Å². The lowest BCUT2D eigenvalue weighted by Crippen LogP contribution is -2.13. The van der Waals surface area contributed by atoms with Crippen molar-refractivity contribution >= 4 is 0 Å². The average Bonchev–Trinajstić information content (AvgIpc) is 2.88. The minimum absolute atomic E-state index is 0.311. The number of hydrogen-bond acceptors (Lipinski definition) is 6. The molecule has 1 N–H and O–H groups in total. The zero-order valence-corrected chi connectivity index (χ0v) is 7.80. The first-order chi connectivity index (χ1) is 7.38. The highest BCUT2D eigenvalue weighted by molar-refractivity contribution is 5.18. The summed E-state index contributed by atoms with van der Waals surface area (Å²) in [5.41, 5.74) is 0. The van der Waals surface area contributed by atoms with Crippen molar-refractivity contribution < 1.29 is 8.94 Å². The summed E-state index contributed by atoms with van der Waals surface area (Å²) in [5, 5.41) is 15.2. The van der Waals surface area contributed by atoms with Crippen LogP contribution in [0.5, 0.6) is 0 Å². The first-order valence-corrected chi connectivity index (χ1v) is 4.33. The molecule has 0 unspecified atom stereocenters. The molecule has 15 heavy (non-hydrogen) atoms. The summed E-state index contributed by atoms with van der Waals surface area (Å²) in [6.07, 6.45) is 1.28. The van der Waals surface area contributed by atoms with Crippen LogP contribution in [0.3, 0.4) is 0 Å². The molecular weight excluding hydrogens is 196 g/mol. The van der Waals surface area contributed by atoms with Crippen molar-refractivity contribution in [1.82, 2.24) is 15.5 Å². The van der Waals surface area contributed by atoms with Gasteiger partial charge in [0.1, 0.15) is 11.8 Å². The number of furan rings is 1. The maximum atomic E-state index is 8.53. The molecule has 0 aliphatic rings. The molecule has 0 atom stereocenters. The maximum absolute atomic E-state index is 8.53. The van der Waals surface area contributed by atoms with Gasteiger partial charge in [0.15, 0.2) is 5.82 Å². The lowest BCUT2D eigenvalue weighted by molar-refractivity contribution is 0.405. The molecule has 0 aromatic carbocycles. The van der Waals surface area contributed by atoms with Crippen molar-refractivity contribution in [2.24, 2.45) is 0 Å². The normalized spacial score (nSPS) is 10.1. The van der Waals surface area contributed by atoms with Crippen LogP contribution in [-0.4, -0.2) is 10.1 Å². The predicted molar refractivity (Wildman–Crippen MR) is 48.3 cm³/mol. The Bertz CT molecular complexity index is 455. The van der Waals surface area contributed by atoms with Crippen molar-refractivity contribution in [3.05, 3.63) is 35.9 Å². The van der Waals surface area contributed by atoms with E-state index in [0.29, 0.717) is 30.4 Å². The Morgan fingerprint density at radius 1 is 1.40 bits per heavy atom. The fourth-order valence-electron chi connectivity index (χ4n) is 1.10. The Balaban J connectivity index is 1.81. The van der Waals surface area contributed by atoms with Gasteiger partial charge in [-0.1, -0.05) is 5.16 Å². The highest BCUT2D eigenvalue weighted by atomic mass is 16.5. The number of rotatable bonds is 4. The maximum Gasteiger partial charge on any atom is 0.213 e. The number of nitrogens with zero attached hydrogens (tertiary/aromatic N) is 3. The van der Waals surface area contributed by atoms with Crippen molar-refractivity contribution in [3.63, 3.8) is 0 Å². The van der Waals surface area contributed by atoms with Gasteiger partial charge in [-0.2, -0.15) is 10.2 Å². The topological polar surface area (TPSA) is 87.9 Å². The number of aromatic nitrogens is 2. The van der Waals surface area contributed by atoms with E-state index in [1.807, 2.05) is 6.07 Å². The van der Waals surface area contributed by atoms with Gasteiger partial charge in [-0.15, -0.1) is 0 Å². The molecule has 6 nitrogen and oxygen atoms in total. The number of hydrogen-bond donors (Lipinski definition) is 1. The van der Waals surface area contributed by atoms with Crippen molar-refractivity contribution in [2.45, 2.75) is 13.1 Å². The summed E-state index contributed by atoms with van der Waals surface area (Å²) in [4.78, 5) is 3.85. The predicted octanol–water partition coefficient (Wildman–Crippen LogP) is 0.824. The Kier molecular flexibility index (Phi) is 2.76. The molecule has 0 saturated heterocycles. The van der Waals surface area contributed by atoms with Gasteiger partial charge in [-0.25, -0.2) is 0 Å². The molecule has 0 bridgehead atoms. The molecule has 2 aromatic rings. The van der Waals surface area contributed by atoms with Crippen LogP contribution < -0.4 is 5.32 Å². The van der Waals surface area contributed by atoms with Gasteiger partial charge in [-0.3, -0.25) is 0 Å². The van der Waals surface area contributed by atoms with E-state index in [-0.39, 0.29) is 0 Å². The van der Waals surface area contributed by atoms with E-state index in [1.165, 1.54) is 6.39 Å². The van der Waals surface area contributed by atoms with Crippen LogP contribution in [0.1, 0.15) is 17.3 Å². The molecule has 2 aromatic heterocycles. The van der Waals surface area contributed by atoms with Crippen molar-refractivity contribution in [3.8, 4) is 6.07 Å². The Labute approximate surface area is 85.5 Å². The molecular formula is C9H8N4O2. The summed E-state index contributed by atoms with van der Waals surface area (Å²) in [5.74, 6) is 1.60. The third-order valence-electron chi connectivity index (χ3n) is 1.76. The average molecular weight is 204 g/mol. The SMILES string of the molecule is N#Cc1ccc(CNCc2ncon2)o1. The summed E-state index contributed by atoms with van der Waals surface area (Å²) in [6.45, 7) is 1.02. The van der Waals surface area contributed by atoms with E-state index >= 15 is 0 Å². The molecule has 0 aliphatic carbocycles. The number of nitrogens with one attached hydrogen (secondary N) is 1. The fourth-order valence-corrected chi connectivity index (χ4v) is 1.10. The van der Waals surface area contributed by atoms with Gasteiger partial charge in [0.05, 0.1) is 13.1 Å². The Hall–Kier alpha value is -2.13. The van der Waals surface area contributed by atoms with E-state index in [4.69, 9.17) is 9.68 Å². The smallest absolute Gasteiger partial charge is 0.213 e. The third kappa shape index (κ3) is 2.42. The Morgan fingerprint density at radius 3 is 3.00 bits per heavy atom. The van der Waals surface area contributed by atoms with Crippen LogP contribution in [0.15, 0.2) is 27.5 Å². The van der Waals surface area contributed by atoms with Crippen LogP contribution >= 0.6 is 0 Å². The second-order valence-electron chi connectivity index (χ2n) is 2.83. The van der Waals surface area contributed by atoms with Gasteiger partial charge in [0.25, 0.3) is 0 Å². The standard InChI is InChI=1S/C9H8N4O2/c10-3-7-1-2-8(15-7)4-11-5-9-12-6-14-13-9/h1-2,6,11H,4-5H2. The van der Waals surface area contributed by atoms with Crippen LogP contribution in [0.25, 0.3) is 0 Å². The largest absolute Gasteiger partial charge is 0.449 e. The molecule has 0 amide bonds. The van der Waals surface area contributed by atoms with Gasteiger partial charge in [-0.05, 0) is 12.1 Å². The first kappa shape index (κ1) is 9.43. The monoisotopic (exact) mass is 204 g/mol. The lowest BCUT2D eigenvalue weighted by atomic mass is 10.4. The van der Waals surface area contributed by atoms with Crippen LogP contribution in [0.4, 0.5) is 0 Å². The first-order valence-electron chi connectivity index (χ1n) is 4.33. The fraction of sp³-hybridized carbons (Fsp3) is 0.222. The summed E-state index contributed by atoms with van der Waals surface area (Å²) in [7, 11) is 0. The second kappa shape index (κ2) is 4.39. The van der Waals surface area contributed by atoms with E-state index < -0.39 is 0 Å². The van der Waals surface area contributed by atoms with Crippen LogP contribution in [0.2, 0.25) is 0 Å². The highest BCUT2D eigenvalue weighted by Gasteiger charge is 2.01. The van der Waals surface area contributed by atoms with E-state index in [9.17, 15) is 0 Å². The molecule has 0 saturated carbocycles. The molecule has 0 aliphatic heterocycles. The van der Waals surface area contributed by atoms with E-state index in [0.717, 1.165) is 0 Å². The third-order valence-corrected chi connectivity index (χ3v) is 1.76. The summed E-state index contributed by atoms with van der Waals surface area (Å²) >= 11 is 0. The van der Waals surface area contributed by atoms with Crippen molar-refractivity contribution in [2.75, 3.05) is 0 Å². The molecule has 0 spiro atoms. The Morgan fingerprint density at radius 2 is 2.33 bits per heavy atom. The zero-order chi connectivity index (χ0) is 10.5. The van der Waals surface area contributed by atoms with Gasteiger partial charge in [0, 0.05) is 0 Å². The van der Waals surface area contributed by atoms with Gasteiger partial charge >= 0.3 is 0 Å². The summed E-state index contributed by atoms with van der Waals surface area (Å²) in [6, 6.07) is 5.30. The minimum Gasteiger partial charge on any atom is -0.449 e. The minimum atomic E-state index is 0.311. The highest BCUT2D eigenvalue weighted by Crippen LogP contribution is 2.05. The summed E-state index contributed by atoms with van der Waals surface area (Å²) < 4.78 is 9.74. The number of nitriles is 1. The molecule has 0 fully saturated rings. The lowest BCUT2D eigenvalue weighted by Gasteiger charge is -1.97. The molecule has 0 radical (unpaired) electrons.